The largest absolute Gasteiger partial charge is 0.494 e. The molecule has 0 aliphatic heterocycles. The van der Waals surface area contributed by atoms with Gasteiger partial charge in [0.05, 0.1) is 13.2 Å². The highest BCUT2D eigenvalue weighted by Gasteiger charge is 1.97. The molecule has 0 aliphatic rings. The lowest BCUT2D eigenvalue weighted by Gasteiger charge is -2.11. The number of unbranched alkanes of at least 4 members (excludes halogenated alkanes) is 1. The molecular weight excluding hydrogens is 273 g/mol. The zero-order valence-corrected chi connectivity index (χ0v) is 12.7. The lowest BCUT2D eigenvalue weighted by atomic mass is 10.3. The molecule has 1 aromatic rings. The van der Waals surface area contributed by atoms with Crippen LogP contribution in [0.2, 0.25) is 0 Å². The van der Waals surface area contributed by atoms with Crippen LogP contribution < -0.4 is 15.4 Å². The van der Waals surface area contributed by atoms with Crippen LogP contribution in [-0.2, 0) is 4.74 Å². The first-order valence-corrected chi connectivity index (χ1v) is 7.08. The van der Waals surface area contributed by atoms with Gasteiger partial charge in [0.25, 0.3) is 0 Å². The van der Waals surface area contributed by atoms with Crippen molar-refractivity contribution in [2.24, 2.45) is 4.99 Å². The van der Waals surface area contributed by atoms with E-state index in [9.17, 15) is 4.39 Å². The number of methoxy groups -OCH3 is 1. The third kappa shape index (κ3) is 8.14. The Labute approximate surface area is 125 Å². The van der Waals surface area contributed by atoms with Crippen LogP contribution in [0.4, 0.5) is 4.39 Å². The maximum atomic E-state index is 12.7. The van der Waals surface area contributed by atoms with Gasteiger partial charge in [-0.25, -0.2) is 4.39 Å². The first-order valence-electron chi connectivity index (χ1n) is 7.08. The maximum Gasteiger partial charge on any atom is 0.191 e. The van der Waals surface area contributed by atoms with Gasteiger partial charge in [-0.3, -0.25) is 4.99 Å². The molecule has 6 heteroatoms. The molecular formula is C15H24FN3O2. The van der Waals surface area contributed by atoms with Gasteiger partial charge in [0.2, 0.25) is 0 Å². The van der Waals surface area contributed by atoms with Crippen molar-refractivity contribution in [3.63, 3.8) is 0 Å². The number of nitrogens with zero attached hydrogens (tertiary/aromatic N) is 1. The number of halogens is 1. The van der Waals surface area contributed by atoms with E-state index in [-0.39, 0.29) is 5.82 Å². The van der Waals surface area contributed by atoms with Crippen molar-refractivity contribution in [2.75, 3.05) is 40.5 Å². The fourth-order valence-electron chi connectivity index (χ4n) is 1.65. The molecule has 1 aromatic carbocycles. The molecule has 0 saturated heterocycles. The van der Waals surface area contributed by atoms with Crippen molar-refractivity contribution < 1.29 is 13.9 Å². The predicted molar refractivity (Wildman–Crippen MR) is 82.4 cm³/mol. The Balaban J connectivity index is 2.04. The number of hydrogen-bond donors (Lipinski definition) is 2. The van der Waals surface area contributed by atoms with Crippen LogP contribution in [0.15, 0.2) is 29.3 Å². The van der Waals surface area contributed by atoms with E-state index in [1.54, 1.807) is 26.3 Å². The Hall–Kier alpha value is -1.82. The molecule has 0 radical (unpaired) electrons. The van der Waals surface area contributed by atoms with Crippen molar-refractivity contribution in [1.82, 2.24) is 10.6 Å². The lowest BCUT2D eigenvalue weighted by molar-refractivity contribution is 0.203. The van der Waals surface area contributed by atoms with Gasteiger partial charge < -0.3 is 20.1 Å². The topological polar surface area (TPSA) is 54.9 Å². The molecule has 0 aromatic heterocycles. The summed E-state index contributed by atoms with van der Waals surface area (Å²) in [6, 6.07) is 6.06. The molecule has 0 unspecified atom stereocenters. The van der Waals surface area contributed by atoms with E-state index >= 15 is 0 Å². The normalized spacial score (nSPS) is 11.3. The zero-order chi connectivity index (χ0) is 15.3. The number of hydrogen-bond acceptors (Lipinski definition) is 3. The summed E-state index contributed by atoms with van der Waals surface area (Å²) in [5.41, 5.74) is 0. The Morgan fingerprint density at radius 2 is 1.81 bits per heavy atom. The Bertz CT molecular complexity index is 410. The minimum atomic E-state index is -0.251. The number of rotatable bonds is 9. The van der Waals surface area contributed by atoms with Crippen LogP contribution in [0.3, 0.4) is 0 Å². The number of nitrogens with one attached hydrogen (secondary N) is 2. The van der Waals surface area contributed by atoms with Gasteiger partial charge in [-0.15, -0.1) is 0 Å². The molecule has 0 aliphatic carbocycles. The van der Waals surface area contributed by atoms with Crippen LogP contribution in [0.25, 0.3) is 0 Å². The molecule has 21 heavy (non-hydrogen) atoms. The second-order valence-electron chi connectivity index (χ2n) is 4.43. The number of guanidine groups is 1. The van der Waals surface area contributed by atoms with Crippen molar-refractivity contribution in [3.05, 3.63) is 30.1 Å². The molecule has 118 valence electrons. The van der Waals surface area contributed by atoms with Crippen LogP contribution in [0, 0.1) is 5.82 Å². The first-order chi connectivity index (χ1) is 10.3. The van der Waals surface area contributed by atoms with E-state index in [0.29, 0.717) is 19.0 Å². The average Bonchev–Trinajstić information content (AvgIpc) is 2.50. The summed E-state index contributed by atoms with van der Waals surface area (Å²) < 4.78 is 23.2. The van der Waals surface area contributed by atoms with E-state index in [2.05, 4.69) is 15.6 Å². The molecule has 0 saturated carbocycles. The van der Waals surface area contributed by atoms with E-state index in [1.807, 2.05) is 0 Å². The molecule has 0 bridgehead atoms. The van der Waals surface area contributed by atoms with Crippen molar-refractivity contribution in [2.45, 2.75) is 12.8 Å². The first kappa shape index (κ1) is 17.2. The lowest BCUT2D eigenvalue weighted by Crippen LogP contribution is -2.39. The Morgan fingerprint density at radius 1 is 1.10 bits per heavy atom. The summed E-state index contributed by atoms with van der Waals surface area (Å²) in [4.78, 5) is 4.11. The van der Waals surface area contributed by atoms with Gasteiger partial charge in [-0.1, -0.05) is 0 Å². The molecule has 0 fully saturated rings. The molecule has 0 spiro atoms. The van der Waals surface area contributed by atoms with E-state index in [0.717, 1.165) is 31.9 Å². The summed E-state index contributed by atoms with van der Waals surface area (Å²) in [6.45, 7) is 2.80. The zero-order valence-electron chi connectivity index (χ0n) is 12.7. The Kier molecular flexibility index (Phi) is 8.95. The summed E-state index contributed by atoms with van der Waals surface area (Å²) in [5, 5.41) is 6.35. The van der Waals surface area contributed by atoms with Crippen molar-refractivity contribution in [3.8, 4) is 5.75 Å². The van der Waals surface area contributed by atoms with E-state index in [1.165, 1.54) is 12.1 Å². The number of benzene rings is 1. The summed E-state index contributed by atoms with van der Waals surface area (Å²) in [7, 11) is 3.40. The van der Waals surface area contributed by atoms with Gasteiger partial charge >= 0.3 is 0 Å². The van der Waals surface area contributed by atoms with Gasteiger partial charge in [0, 0.05) is 27.2 Å². The highest BCUT2D eigenvalue weighted by molar-refractivity contribution is 5.79. The van der Waals surface area contributed by atoms with Gasteiger partial charge in [-0.05, 0) is 37.1 Å². The fourth-order valence-corrected chi connectivity index (χ4v) is 1.65. The highest BCUT2D eigenvalue weighted by Crippen LogP contribution is 2.11. The van der Waals surface area contributed by atoms with Gasteiger partial charge in [0.15, 0.2) is 5.96 Å². The van der Waals surface area contributed by atoms with Crippen molar-refractivity contribution >= 4 is 5.96 Å². The van der Waals surface area contributed by atoms with E-state index < -0.39 is 0 Å². The third-order valence-corrected chi connectivity index (χ3v) is 2.77. The van der Waals surface area contributed by atoms with E-state index in [4.69, 9.17) is 9.47 Å². The molecule has 0 amide bonds. The monoisotopic (exact) mass is 297 g/mol. The molecule has 2 N–H and O–H groups in total. The molecule has 0 atom stereocenters. The van der Waals surface area contributed by atoms with Crippen LogP contribution >= 0.6 is 0 Å². The standard InChI is InChI=1S/C15H24FN3O2/c1-17-15(19-10-12-20-2)18-9-3-4-11-21-14-7-5-13(16)6-8-14/h5-8H,3-4,9-12H2,1-2H3,(H2,17,18,19). The van der Waals surface area contributed by atoms with Crippen molar-refractivity contribution in [1.29, 1.82) is 0 Å². The summed E-state index contributed by atoms with van der Waals surface area (Å²) in [6.07, 6.45) is 1.88. The van der Waals surface area contributed by atoms with Gasteiger partial charge in [0.1, 0.15) is 11.6 Å². The summed E-state index contributed by atoms with van der Waals surface area (Å²) in [5.74, 6) is 1.21. The Morgan fingerprint density at radius 3 is 2.48 bits per heavy atom. The fraction of sp³-hybridized carbons (Fsp3) is 0.533. The highest BCUT2D eigenvalue weighted by atomic mass is 19.1. The third-order valence-electron chi connectivity index (χ3n) is 2.77. The number of aliphatic imine (C=N–C) groups is 1. The molecule has 5 nitrogen and oxygen atoms in total. The minimum Gasteiger partial charge on any atom is -0.494 e. The van der Waals surface area contributed by atoms with Crippen LogP contribution in [0.1, 0.15) is 12.8 Å². The average molecular weight is 297 g/mol. The maximum absolute atomic E-state index is 12.7. The van der Waals surface area contributed by atoms with Crippen LogP contribution in [0.5, 0.6) is 5.75 Å². The SMILES string of the molecule is CN=C(NCCCCOc1ccc(F)cc1)NCCOC. The smallest absolute Gasteiger partial charge is 0.191 e. The predicted octanol–water partition coefficient (Wildman–Crippen LogP) is 1.80. The van der Waals surface area contributed by atoms with Gasteiger partial charge in [-0.2, -0.15) is 0 Å². The number of ether oxygens (including phenoxy) is 2. The quantitative estimate of drug-likeness (QED) is 0.414. The summed E-state index contributed by atoms with van der Waals surface area (Å²) >= 11 is 0. The minimum absolute atomic E-state index is 0.251. The second-order valence-corrected chi connectivity index (χ2v) is 4.43. The molecule has 1 rings (SSSR count). The van der Waals surface area contributed by atoms with Crippen LogP contribution in [-0.4, -0.2) is 46.4 Å². The molecule has 0 heterocycles. The second kappa shape index (κ2) is 10.9.